The number of sulfonamides is 1. The van der Waals surface area contributed by atoms with Crippen molar-refractivity contribution in [2.75, 3.05) is 13.1 Å². The number of nitrogens with zero attached hydrogens (tertiary/aromatic N) is 3. The lowest BCUT2D eigenvalue weighted by Gasteiger charge is -2.31. The number of ether oxygens (including phenoxy) is 1. The van der Waals surface area contributed by atoms with Gasteiger partial charge in [-0.05, 0) is 37.0 Å². The van der Waals surface area contributed by atoms with Crippen LogP contribution in [-0.4, -0.2) is 41.9 Å². The van der Waals surface area contributed by atoms with E-state index in [2.05, 4.69) is 9.97 Å². The molecule has 1 atom stereocenters. The summed E-state index contributed by atoms with van der Waals surface area (Å²) in [6, 6.07) is 8.80. The number of piperidine rings is 1. The van der Waals surface area contributed by atoms with Crippen LogP contribution in [0.5, 0.6) is 6.01 Å². The van der Waals surface area contributed by atoms with Crippen LogP contribution in [0.15, 0.2) is 47.6 Å². The van der Waals surface area contributed by atoms with Crippen molar-refractivity contribution in [1.82, 2.24) is 14.3 Å². The standard InChI is InChI=1S/C17H21N3O3S/c1-2-14-11-18-17(19-12-14)23-15-7-6-10-20(13-15)24(21,22)16-8-4-3-5-9-16/h3-5,8-9,11-12,15H,2,6-7,10,13H2,1H3. The molecule has 0 spiro atoms. The van der Waals surface area contributed by atoms with Gasteiger partial charge in [0.2, 0.25) is 10.0 Å². The minimum absolute atomic E-state index is 0.232. The molecule has 3 rings (SSSR count). The van der Waals surface area contributed by atoms with E-state index in [1.807, 2.05) is 6.92 Å². The summed E-state index contributed by atoms with van der Waals surface area (Å²) in [4.78, 5) is 8.69. The van der Waals surface area contributed by atoms with E-state index in [1.165, 1.54) is 4.31 Å². The highest BCUT2D eigenvalue weighted by atomic mass is 32.2. The fraction of sp³-hybridized carbons (Fsp3) is 0.412. The van der Waals surface area contributed by atoms with Crippen molar-refractivity contribution in [3.05, 3.63) is 48.3 Å². The molecule has 0 N–H and O–H groups in total. The maximum absolute atomic E-state index is 12.7. The molecular weight excluding hydrogens is 326 g/mol. The summed E-state index contributed by atoms with van der Waals surface area (Å²) < 4.78 is 32.7. The predicted octanol–water partition coefficient (Wildman–Crippen LogP) is 2.27. The van der Waals surface area contributed by atoms with Crippen LogP contribution in [0.1, 0.15) is 25.3 Å². The third kappa shape index (κ3) is 3.73. The van der Waals surface area contributed by atoms with Crippen LogP contribution in [0.2, 0.25) is 0 Å². The van der Waals surface area contributed by atoms with Crippen molar-refractivity contribution >= 4 is 10.0 Å². The minimum atomic E-state index is -3.49. The highest BCUT2D eigenvalue weighted by Gasteiger charge is 2.31. The first-order valence-electron chi connectivity index (χ1n) is 8.12. The number of aryl methyl sites for hydroxylation is 1. The summed E-state index contributed by atoms with van der Waals surface area (Å²) >= 11 is 0. The molecule has 1 aliphatic heterocycles. The Balaban J connectivity index is 1.70. The third-order valence-corrected chi connectivity index (χ3v) is 5.96. The van der Waals surface area contributed by atoms with Gasteiger partial charge in [-0.25, -0.2) is 18.4 Å². The van der Waals surface area contributed by atoms with Crippen LogP contribution in [0.25, 0.3) is 0 Å². The number of hydrogen-bond acceptors (Lipinski definition) is 5. The van der Waals surface area contributed by atoms with Crippen LogP contribution in [0.3, 0.4) is 0 Å². The largest absolute Gasteiger partial charge is 0.459 e. The Morgan fingerprint density at radius 1 is 1.21 bits per heavy atom. The normalized spacial score (nSPS) is 19.1. The Kier molecular flexibility index (Phi) is 5.11. The fourth-order valence-corrected chi connectivity index (χ4v) is 4.23. The zero-order valence-electron chi connectivity index (χ0n) is 13.6. The second kappa shape index (κ2) is 7.27. The van der Waals surface area contributed by atoms with Gasteiger partial charge < -0.3 is 4.74 Å². The van der Waals surface area contributed by atoms with Crippen LogP contribution in [-0.2, 0) is 16.4 Å². The minimum Gasteiger partial charge on any atom is -0.459 e. The zero-order chi connectivity index (χ0) is 17.0. The van der Waals surface area contributed by atoms with Crippen LogP contribution in [0, 0.1) is 0 Å². The van der Waals surface area contributed by atoms with Crippen molar-refractivity contribution in [3.63, 3.8) is 0 Å². The number of hydrogen-bond donors (Lipinski definition) is 0. The summed E-state index contributed by atoms with van der Waals surface area (Å²) in [5.41, 5.74) is 1.04. The number of benzene rings is 1. The summed E-state index contributed by atoms with van der Waals surface area (Å²) in [5, 5.41) is 0. The molecule has 2 aromatic rings. The molecule has 0 amide bonds. The van der Waals surface area contributed by atoms with Crippen molar-refractivity contribution < 1.29 is 13.2 Å². The molecule has 0 saturated carbocycles. The van der Waals surface area contributed by atoms with Gasteiger partial charge >= 0.3 is 6.01 Å². The molecule has 1 unspecified atom stereocenters. The Morgan fingerprint density at radius 3 is 2.58 bits per heavy atom. The van der Waals surface area contributed by atoms with Gasteiger partial charge in [-0.3, -0.25) is 0 Å². The fourth-order valence-electron chi connectivity index (χ4n) is 2.70. The van der Waals surface area contributed by atoms with Gasteiger partial charge in [0.15, 0.2) is 0 Å². The molecule has 7 heteroatoms. The molecule has 128 valence electrons. The van der Waals surface area contributed by atoms with E-state index >= 15 is 0 Å². The van der Waals surface area contributed by atoms with Crippen molar-refractivity contribution in [3.8, 4) is 6.01 Å². The first-order valence-corrected chi connectivity index (χ1v) is 9.56. The number of rotatable bonds is 5. The van der Waals surface area contributed by atoms with Gasteiger partial charge in [-0.15, -0.1) is 0 Å². The first-order chi connectivity index (χ1) is 11.6. The highest BCUT2D eigenvalue weighted by molar-refractivity contribution is 7.89. The molecule has 0 bridgehead atoms. The molecule has 0 aliphatic carbocycles. The highest BCUT2D eigenvalue weighted by Crippen LogP contribution is 2.22. The monoisotopic (exact) mass is 347 g/mol. The van der Waals surface area contributed by atoms with E-state index in [0.29, 0.717) is 24.0 Å². The number of aromatic nitrogens is 2. The average Bonchev–Trinajstić information content (AvgIpc) is 2.63. The van der Waals surface area contributed by atoms with Gasteiger partial charge in [-0.1, -0.05) is 25.1 Å². The SMILES string of the molecule is CCc1cnc(OC2CCCN(S(=O)(=O)c3ccccc3)C2)nc1. The topological polar surface area (TPSA) is 72.4 Å². The van der Waals surface area contributed by atoms with Crippen molar-refractivity contribution in [2.45, 2.75) is 37.2 Å². The van der Waals surface area contributed by atoms with Gasteiger partial charge in [-0.2, -0.15) is 4.31 Å². The molecule has 1 aliphatic rings. The first kappa shape index (κ1) is 16.9. The molecule has 2 heterocycles. The van der Waals surface area contributed by atoms with E-state index in [9.17, 15) is 8.42 Å². The molecule has 1 saturated heterocycles. The molecule has 0 radical (unpaired) electrons. The lowest BCUT2D eigenvalue weighted by Crippen LogP contribution is -2.44. The van der Waals surface area contributed by atoms with Gasteiger partial charge in [0.1, 0.15) is 6.10 Å². The summed E-state index contributed by atoms with van der Waals surface area (Å²) in [6.07, 6.45) is 5.66. The maximum Gasteiger partial charge on any atom is 0.316 e. The second-order valence-electron chi connectivity index (χ2n) is 5.79. The lowest BCUT2D eigenvalue weighted by molar-refractivity contribution is 0.119. The summed E-state index contributed by atoms with van der Waals surface area (Å²) in [6.45, 7) is 2.86. The van der Waals surface area contributed by atoms with Crippen LogP contribution >= 0.6 is 0 Å². The lowest BCUT2D eigenvalue weighted by atomic mass is 10.1. The van der Waals surface area contributed by atoms with E-state index in [1.54, 1.807) is 42.7 Å². The van der Waals surface area contributed by atoms with Crippen LogP contribution in [0.4, 0.5) is 0 Å². The van der Waals surface area contributed by atoms with E-state index in [0.717, 1.165) is 24.8 Å². The Labute approximate surface area is 142 Å². The summed E-state index contributed by atoms with van der Waals surface area (Å²) in [7, 11) is -3.49. The molecule has 24 heavy (non-hydrogen) atoms. The van der Waals surface area contributed by atoms with E-state index < -0.39 is 10.0 Å². The molecule has 6 nitrogen and oxygen atoms in total. The van der Waals surface area contributed by atoms with Gasteiger partial charge in [0, 0.05) is 18.9 Å². The molecular formula is C17H21N3O3S. The van der Waals surface area contributed by atoms with Gasteiger partial charge in [0.05, 0.1) is 11.4 Å². The van der Waals surface area contributed by atoms with Gasteiger partial charge in [0.25, 0.3) is 0 Å². The Morgan fingerprint density at radius 2 is 1.92 bits per heavy atom. The predicted molar refractivity (Wildman–Crippen MR) is 90.3 cm³/mol. The third-order valence-electron chi connectivity index (χ3n) is 4.08. The zero-order valence-corrected chi connectivity index (χ0v) is 14.4. The molecule has 1 fully saturated rings. The second-order valence-corrected chi connectivity index (χ2v) is 7.72. The quantitative estimate of drug-likeness (QED) is 0.830. The maximum atomic E-state index is 12.7. The van der Waals surface area contributed by atoms with Crippen molar-refractivity contribution in [2.24, 2.45) is 0 Å². The molecule has 1 aromatic carbocycles. The summed E-state index contributed by atoms with van der Waals surface area (Å²) in [5.74, 6) is 0. The van der Waals surface area contributed by atoms with Crippen molar-refractivity contribution in [1.29, 1.82) is 0 Å². The van der Waals surface area contributed by atoms with E-state index in [4.69, 9.17) is 4.74 Å². The average molecular weight is 347 g/mol. The Hall–Kier alpha value is -1.99. The Bertz CT molecular complexity index is 763. The smallest absolute Gasteiger partial charge is 0.316 e. The van der Waals surface area contributed by atoms with Crippen LogP contribution < -0.4 is 4.74 Å². The van der Waals surface area contributed by atoms with E-state index in [-0.39, 0.29) is 6.10 Å². The molecule has 1 aromatic heterocycles.